The Hall–Kier alpha value is -2.20. The first-order valence-corrected chi connectivity index (χ1v) is 10.6. The normalized spacial score (nSPS) is 21.2. The lowest BCUT2D eigenvalue weighted by molar-refractivity contribution is -0.137. The van der Waals surface area contributed by atoms with E-state index in [0.29, 0.717) is 31.1 Å². The number of hydrogen-bond acceptors (Lipinski definition) is 6. The Labute approximate surface area is 176 Å². The number of nitrogens with zero attached hydrogens (tertiary/aromatic N) is 2. The van der Waals surface area contributed by atoms with Gasteiger partial charge in [0, 0.05) is 48.7 Å². The molecule has 9 heteroatoms. The summed E-state index contributed by atoms with van der Waals surface area (Å²) in [5.74, 6) is 0. The lowest BCUT2D eigenvalue weighted by Gasteiger charge is -2.38. The van der Waals surface area contributed by atoms with E-state index in [-0.39, 0.29) is 12.1 Å². The summed E-state index contributed by atoms with van der Waals surface area (Å²) in [5.41, 5.74) is 7.31. The lowest BCUT2D eigenvalue weighted by Crippen LogP contribution is -2.57. The van der Waals surface area contributed by atoms with Gasteiger partial charge in [0.15, 0.2) is 0 Å². The van der Waals surface area contributed by atoms with Crippen LogP contribution in [0, 0.1) is 0 Å². The molecule has 0 spiro atoms. The molecule has 3 aromatic rings. The molecule has 0 bridgehead atoms. The summed E-state index contributed by atoms with van der Waals surface area (Å²) in [6.07, 6.45) is -2.68. The number of halogens is 3. The summed E-state index contributed by atoms with van der Waals surface area (Å²) in [6.45, 7) is 1.41. The molecule has 1 aromatic carbocycles. The van der Waals surface area contributed by atoms with Gasteiger partial charge in [-0.2, -0.15) is 13.2 Å². The first kappa shape index (κ1) is 21.0. The van der Waals surface area contributed by atoms with Gasteiger partial charge in [0.25, 0.3) is 0 Å². The third kappa shape index (κ3) is 4.44. The zero-order valence-corrected chi connectivity index (χ0v) is 17.0. The number of nitrogens with two attached hydrogens (primary N) is 1. The van der Waals surface area contributed by atoms with E-state index in [1.165, 1.54) is 6.07 Å². The number of pyridine rings is 1. The highest BCUT2D eigenvalue weighted by Gasteiger charge is 2.33. The van der Waals surface area contributed by atoms with Crippen molar-refractivity contribution in [2.75, 3.05) is 24.5 Å². The predicted molar refractivity (Wildman–Crippen MR) is 113 cm³/mol. The van der Waals surface area contributed by atoms with E-state index in [2.05, 4.69) is 10.3 Å². The van der Waals surface area contributed by atoms with E-state index in [1.54, 1.807) is 6.20 Å². The number of piperidine rings is 1. The summed E-state index contributed by atoms with van der Waals surface area (Å²) < 4.78 is 38.5. The van der Waals surface area contributed by atoms with Crippen molar-refractivity contribution in [2.24, 2.45) is 5.73 Å². The molecule has 5 nitrogen and oxygen atoms in total. The summed E-state index contributed by atoms with van der Waals surface area (Å²) in [7, 11) is 0. The molecule has 0 amide bonds. The number of alkyl halides is 3. The molecule has 4 N–H and O–H groups in total. The number of thiophene rings is 1. The van der Waals surface area contributed by atoms with Gasteiger partial charge in [0.2, 0.25) is 0 Å². The van der Waals surface area contributed by atoms with Gasteiger partial charge in [0.1, 0.15) is 0 Å². The predicted octanol–water partition coefficient (Wildman–Crippen LogP) is 3.54. The van der Waals surface area contributed by atoms with E-state index in [4.69, 9.17) is 5.73 Å². The topological polar surface area (TPSA) is 74.4 Å². The molecule has 0 radical (unpaired) electrons. The van der Waals surface area contributed by atoms with Crippen LogP contribution >= 0.6 is 11.3 Å². The second kappa shape index (κ2) is 8.50. The Morgan fingerprint density at radius 1 is 1.30 bits per heavy atom. The molecule has 2 aromatic heterocycles. The fourth-order valence-electron chi connectivity index (χ4n) is 3.86. The number of anilines is 1. The van der Waals surface area contributed by atoms with Crippen molar-refractivity contribution < 1.29 is 18.3 Å². The zero-order chi connectivity index (χ0) is 21.3. The van der Waals surface area contributed by atoms with Crippen LogP contribution in [0.1, 0.15) is 23.7 Å². The smallest absolute Gasteiger partial charge is 0.387 e. The molecule has 1 saturated heterocycles. The Kier molecular flexibility index (Phi) is 5.97. The van der Waals surface area contributed by atoms with Crippen molar-refractivity contribution in [2.45, 2.75) is 30.8 Å². The van der Waals surface area contributed by atoms with Crippen molar-refractivity contribution >= 4 is 27.2 Å². The molecule has 1 fully saturated rings. The first-order chi connectivity index (χ1) is 14.3. The Morgan fingerprint density at radius 3 is 2.83 bits per heavy atom. The molecule has 3 unspecified atom stereocenters. The van der Waals surface area contributed by atoms with Crippen LogP contribution in [0.2, 0.25) is 0 Å². The van der Waals surface area contributed by atoms with Gasteiger partial charge in [-0.25, -0.2) is 0 Å². The fourth-order valence-corrected chi connectivity index (χ4v) is 4.82. The third-order valence-corrected chi connectivity index (χ3v) is 6.49. The van der Waals surface area contributed by atoms with Crippen LogP contribution in [-0.4, -0.2) is 41.8 Å². The molecule has 3 atom stereocenters. The van der Waals surface area contributed by atoms with Crippen molar-refractivity contribution in [1.29, 1.82) is 0 Å². The molecular formula is C21H23F3N4OS. The van der Waals surface area contributed by atoms with E-state index in [1.807, 2.05) is 35.2 Å². The van der Waals surface area contributed by atoms with Gasteiger partial charge in [-0.15, -0.1) is 11.3 Å². The van der Waals surface area contributed by atoms with Crippen molar-refractivity contribution in [1.82, 2.24) is 10.3 Å². The molecule has 3 heterocycles. The molecule has 30 heavy (non-hydrogen) atoms. The number of aliphatic hydroxyl groups is 1. The first-order valence-electron chi connectivity index (χ1n) is 9.74. The van der Waals surface area contributed by atoms with Gasteiger partial charge in [0.05, 0.1) is 22.2 Å². The number of nitrogens with one attached hydrogen (secondary N) is 1. The number of hydrogen-bond donors (Lipinski definition) is 3. The van der Waals surface area contributed by atoms with Crippen molar-refractivity contribution in [3.63, 3.8) is 0 Å². The van der Waals surface area contributed by atoms with Gasteiger partial charge < -0.3 is 21.1 Å². The molecular weight excluding hydrogens is 413 g/mol. The maximum atomic E-state index is 12.8. The number of benzene rings is 1. The van der Waals surface area contributed by atoms with Crippen LogP contribution in [0.15, 0.2) is 48.0 Å². The summed E-state index contributed by atoms with van der Waals surface area (Å²) in [6, 6.07) is 10.4. The summed E-state index contributed by atoms with van der Waals surface area (Å²) >= 11 is 1.09. The molecule has 160 valence electrons. The average Bonchev–Trinajstić information content (AvgIpc) is 3.23. The van der Waals surface area contributed by atoms with Crippen LogP contribution < -0.4 is 16.0 Å². The van der Waals surface area contributed by atoms with E-state index < -0.39 is 17.8 Å². The average molecular weight is 437 g/mol. The van der Waals surface area contributed by atoms with Crippen LogP contribution in [0.4, 0.5) is 18.2 Å². The van der Waals surface area contributed by atoms with Gasteiger partial charge in [-0.3, -0.25) is 4.98 Å². The van der Waals surface area contributed by atoms with E-state index in [9.17, 15) is 18.3 Å². The van der Waals surface area contributed by atoms with Crippen LogP contribution in [-0.2, 0) is 6.18 Å². The number of para-hydroxylation sites is 1. The largest absolute Gasteiger partial charge is 0.417 e. The van der Waals surface area contributed by atoms with Gasteiger partial charge >= 0.3 is 6.18 Å². The van der Waals surface area contributed by atoms with Crippen LogP contribution in [0.3, 0.4) is 0 Å². The van der Waals surface area contributed by atoms with Crippen molar-refractivity contribution in [3.05, 3.63) is 59.1 Å². The van der Waals surface area contributed by atoms with Crippen molar-refractivity contribution in [3.8, 4) is 0 Å². The highest BCUT2D eigenvalue weighted by atomic mass is 32.1. The second-order valence-corrected chi connectivity index (χ2v) is 8.41. The summed E-state index contributed by atoms with van der Waals surface area (Å²) in [4.78, 5) is 6.21. The van der Waals surface area contributed by atoms with E-state index >= 15 is 0 Å². The minimum Gasteiger partial charge on any atom is -0.387 e. The molecule has 4 rings (SSSR count). The second-order valence-electron chi connectivity index (χ2n) is 7.52. The Bertz CT molecular complexity index is 1000. The highest BCUT2D eigenvalue weighted by molar-refractivity contribution is 7.14. The van der Waals surface area contributed by atoms with Crippen LogP contribution in [0.25, 0.3) is 10.9 Å². The molecule has 0 saturated carbocycles. The quantitative estimate of drug-likeness (QED) is 0.571. The fraction of sp³-hybridized carbons (Fsp3) is 0.381. The molecule has 0 aliphatic carbocycles. The van der Waals surface area contributed by atoms with Gasteiger partial charge in [-0.1, -0.05) is 18.2 Å². The van der Waals surface area contributed by atoms with Gasteiger partial charge in [-0.05, 0) is 30.2 Å². The SMILES string of the molecule is NC1CN(c2cc(C(F)(F)F)cs2)CCC1NCC(O)c1ccnc2ccccc12. The summed E-state index contributed by atoms with van der Waals surface area (Å²) in [5, 5.41) is 16.7. The number of aliphatic hydroxyl groups excluding tert-OH is 1. The number of rotatable bonds is 5. The highest BCUT2D eigenvalue weighted by Crippen LogP contribution is 2.36. The maximum absolute atomic E-state index is 12.8. The molecule has 1 aliphatic heterocycles. The lowest BCUT2D eigenvalue weighted by atomic mass is 9.99. The molecule has 1 aliphatic rings. The minimum absolute atomic E-state index is 0.0222. The third-order valence-electron chi connectivity index (χ3n) is 5.50. The monoisotopic (exact) mass is 436 g/mol. The Morgan fingerprint density at radius 2 is 2.10 bits per heavy atom. The maximum Gasteiger partial charge on any atom is 0.417 e. The standard InChI is InChI=1S/C21H23F3N4OS/c22-21(23,24)13-9-20(30-12-13)28-8-6-18(16(25)11-28)27-10-19(29)15-5-7-26-17-4-2-1-3-14(15)17/h1-5,7,9,12,16,18-19,27,29H,6,8,10-11,25H2. The van der Waals surface area contributed by atoms with Crippen LogP contribution in [0.5, 0.6) is 0 Å². The van der Waals surface area contributed by atoms with E-state index in [0.717, 1.165) is 33.2 Å². The number of aromatic nitrogens is 1. The number of fused-ring (bicyclic) bond motifs is 1. The zero-order valence-electron chi connectivity index (χ0n) is 16.1. The Balaban J connectivity index is 1.36. The minimum atomic E-state index is -4.33.